The quantitative estimate of drug-likeness (QED) is 0.810. The zero-order chi connectivity index (χ0) is 14.4. The lowest BCUT2D eigenvalue weighted by molar-refractivity contribution is 0.0598. The fraction of sp³-hybridized carbons (Fsp3) is 0.562. The number of hydrogen-bond acceptors (Lipinski definition) is 4. The Morgan fingerprint density at radius 3 is 3.00 bits per heavy atom. The number of carbonyl (C=O) groups excluding carboxylic acids is 1. The number of methoxy groups -OCH3 is 1. The van der Waals surface area contributed by atoms with Crippen molar-refractivity contribution in [1.29, 1.82) is 0 Å². The summed E-state index contributed by atoms with van der Waals surface area (Å²) >= 11 is 0. The van der Waals surface area contributed by atoms with E-state index in [9.17, 15) is 4.79 Å². The van der Waals surface area contributed by atoms with E-state index in [2.05, 4.69) is 4.90 Å². The Balaban J connectivity index is 2.07. The first-order chi connectivity index (χ1) is 9.76. The van der Waals surface area contributed by atoms with Crippen LogP contribution in [-0.4, -0.2) is 42.3 Å². The molecule has 1 fully saturated rings. The standard InChI is InChI=1S/C16H23NO3/c1-20-16(19)15-9-3-2-6-13(15)12-17-10-4-7-14(17)8-5-11-18/h2-3,6,9,14,18H,4-5,7-8,10-12H2,1H3. The molecule has 1 aromatic rings. The van der Waals surface area contributed by atoms with Crippen LogP contribution in [0.25, 0.3) is 0 Å². The van der Waals surface area contributed by atoms with Crippen LogP contribution in [0.1, 0.15) is 41.6 Å². The molecule has 0 amide bonds. The minimum Gasteiger partial charge on any atom is -0.465 e. The molecule has 1 unspecified atom stereocenters. The van der Waals surface area contributed by atoms with Crippen molar-refractivity contribution in [3.63, 3.8) is 0 Å². The van der Waals surface area contributed by atoms with E-state index in [0.29, 0.717) is 11.6 Å². The number of benzene rings is 1. The molecule has 1 aromatic carbocycles. The highest BCUT2D eigenvalue weighted by Crippen LogP contribution is 2.24. The van der Waals surface area contributed by atoms with Crippen LogP contribution in [-0.2, 0) is 11.3 Å². The van der Waals surface area contributed by atoms with E-state index < -0.39 is 0 Å². The zero-order valence-electron chi connectivity index (χ0n) is 12.0. The maximum Gasteiger partial charge on any atom is 0.338 e. The molecule has 4 heteroatoms. The molecule has 1 saturated heterocycles. The van der Waals surface area contributed by atoms with E-state index in [1.807, 2.05) is 24.3 Å². The van der Waals surface area contributed by atoms with Crippen LogP contribution < -0.4 is 0 Å². The molecule has 0 saturated carbocycles. The summed E-state index contributed by atoms with van der Waals surface area (Å²) in [6.07, 6.45) is 4.24. The Kier molecular flexibility index (Phi) is 5.56. The molecule has 1 aliphatic rings. The maximum atomic E-state index is 11.8. The lowest BCUT2D eigenvalue weighted by Crippen LogP contribution is -2.29. The first-order valence-electron chi connectivity index (χ1n) is 7.27. The molecule has 110 valence electrons. The molecular formula is C16H23NO3. The predicted octanol–water partition coefficient (Wildman–Crippen LogP) is 2.21. The number of aliphatic hydroxyl groups excluding tert-OH is 1. The summed E-state index contributed by atoms with van der Waals surface area (Å²) in [5.41, 5.74) is 1.68. The monoisotopic (exact) mass is 277 g/mol. The van der Waals surface area contributed by atoms with Crippen LogP contribution in [0.5, 0.6) is 0 Å². The SMILES string of the molecule is COC(=O)c1ccccc1CN1CCCC1CCCO. The average Bonchev–Trinajstić information content (AvgIpc) is 2.92. The number of rotatable bonds is 6. The predicted molar refractivity (Wildman–Crippen MR) is 77.5 cm³/mol. The van der Waals surface area contributed by atoms with E-state index in [1.165, 1.54) is 20.0 Å². The van der Waals surface area contributed by atoms with Gasteiger partial charge in [0.25, 0.3) is 0 Å². The second-order valence-electron chi connectivity index (χ2n) is 5.28. The summed E-state index contributed by atoms with van der Waals surface area (Å²) < 4.78 is 4.84. The molecule has 1 N–H and O–H groups in total. The molecule has 20 heavy (non-hydrogen) atoms. The zero-order valence-corrected chi connectivity index (χ0v) is 12.0. The van der Waals surface area contributed by atoms with Gasteiger partial charge in [0, 0.05) is 19.2 Å². The first kappa shape index (κ1) is 15.0. The minimum absolute atomic E-state index is 0.253. The molecule has 0 bridgehead atoms. The van der Waals surface area contributed by atoms with Gasteiger partial charge >= 0.3 is 5.97 Å². The Morgan fingerprint density at radius 1 is 1.45 bits per heavy atom. The van der Waals surface area contributed by atoms with Crippen molar-refractivity contribution >= 4 is 5.97 Å². The van der Waals surface area contributed by atoms with Crippen molar-refractivity contribution in [3.05, 3.63) is 35.4 Å². The van der Waals surface area contributed by atoms with Gasteiger partial charge in [-0.3, -0.25) is 4.90 Å². The van der Waals surface area contributed by atoms with Crippen LogP contribution in [0.2, 0.25) is 0 Å². The third-order valence-corrected chi connectivity index (χ3v) is 3.99. The highest BCUT2D eigenvalue weighted by Gasteiger charge is 2.25. The summed E-state index contributed by atoms with van der Waals surface area (Å²) in [5, 5.41) is 8.97. The summed E-state index contributed by atoms with van der Waals surface area (Å²) in [6.45, 7) is 2.09. The van der Waals surface area contributed by atoms with Gasteiger partial charge in [-0.05, 0) is 43.9 Å². The van der Waals surface area contributed by atoms with Gasteiger partial charge in [-0.2, -0.15) is 0 Å². The van der Waals surface area contributed by atoms with Gasteiger partial charge in [-0.25, -0.2) is 4.79 Å². The highest BCUT2D eigenvalue weighted by atomic mass is 16.5. The molecule has 1 aliphatic heterocycles. The molecular weight excluding hydrogens is 254 g/mol. The highest BCUT2D eigenvalue weighted by molar-refractivity contribution is 5.90. The fourth-order valence-corrected chi connectivity index (χ4v) is 2.94. The third kappa shape index (κ3) is 3.58. The van der Waals surface area contributed by atoms with Gasteiger partial charge in [0.05, 0.1) is 12.7 Å². The Labute approximate surface area is 120 Å². The molecule has 2 rings (SSSR count). The van der Waals surface area contributed by atoms with Gasteiger partial charge in [0.1, 0.15) is 0 Å². The van der Waals surface area contributed by atoms with E-state index in [4.69, 9.17) is 9.84 Å². The average molecular weight is 277 g/mol. The van der Waals surface area contributed by atoms with Gasteiger partial charge in [-0.1, -0.05) is 18.2 Å². The molecule has 0 aliphatic carbocycles. The summed E-state index contributed by atoms with van der Waals surface area (Å²) in [6, 6.07) is 8.16. The lowest BCUT2D eigenvalue weighted by Gasteiger charge is -2.25. The van der Waals surface area contributed by atoms with Crippen molar-refractivity contribution in [2.45, 2.75) is 38.3 Å². The summed E-state index contributed by atoms with van der Waals surface area (Å²) in [4.78, 5) is 14.2. The number of ether oxygens (including phenoxy) is 1. The molecule has 4 nitrogen and oxygen atoms in total. The van der Waals surface area contributed by atoms with Gasteiger partial charge in [0.2, 0.25) is 0 Å². The van der Waals surface area contributed by atoms with E-state index in [-0.39, 0.29) is 12.6 Å². The van der Waals surface area contributed by atoms with Gasteiger partial charge in [0.15, 0.2) is 0 Å². The van der Waals surface area contributed by atoms with Crippen LogP contribution in [0.15, 0.2) is 24.3 Å². The van der Waals surface area contributed by atoms with Crippen molar-refractivity contribution in [2.24, 2.45) is 0 Å². The summed E-state index contributed by atoms with van der Waals surface area (Å²) in [7, 11) is 1.42. The second kappa shape index (κ2) is 7.41. The van der Waals surface area contributed by atoms with E-state index >= 15 is 0 Å². The Hall–Kier alpha value is -1.39. The third-order valence-electron chi connectivity index (χ3n) is 3.99. The number of esters is 1. The van der Waals surface area contributed by atoms with E-state index in [1.54, 1.807) is 0 Å². The van der Waals surface area contributed by atoms with Crippen molar-refractivity contribution in [3.8, 4) is 0 Å². The number of likely N-dealkylation sites (tertiary alicyclic amines) is 1. The molecule has 0 spiro atoms. The number of nitrogens with zero attached hydrogens (tertiary/aromatic N) is 1. The summed E-state index contributed by atoms with van der Waals surface area (Å²) in [5.74, 6) is -0.272. The topological polar surface area (TPSA) is 49.8 Å². The number of hydrogen-bond donors (Lipinski definition) is 1. The van der Waals surface area contributed by atoms with Crippen LogP contribution >= 0.6 is 0 Å². The fourth-order valence-electron chi connectivity index (χ4n) is 2.94. The Bertz CT molecular complexity index is 447. The van der Waals surface area contributed by atoms with E-state index in [0.717, 1.165) is 31.5 Å². The van der Waals surface area contributed by atoms with Gasteiger partial charge < -0.3 is 9.84 Å². The maximum absolute atomic E-state index is 11.8. The van der Waals surface area contributed by atoms with Crippen LogP contribution in [0, 0.1) is 0 Å². The largest absolute Gasteiger partial charge is 0.465 e. The van der Waals surface area contributed by atoms with Crippen molar-refractivity contribution < 1.29 is 14.6 Å². The number of carbonyl (C=O) groups is 1. The smallest absolute Gasteiger partial charge is 0.338 e. The molecule has 1 heterocycles. The minimum atomic E-state index is -0.272. The second-order valence-corrected chi connectivity index (χ2v) is 5.28. The van der Waals surface area contributed by atoms with Crippen LogP contribution in [0.4, 0.5) is 0 Å². The lowest BCUT2D eigenvalue weighted by atomic mass is 10.1. The molecule has 0 radical (unpaired) electrons. The molecule has 1 atom stereocenters. The number of aliphatic hydroxyl groups is 1. The van der Waals surface area contributed by atoms with Crippen molar-refractivity contribution in [2.75, 3.05) is 20.3 Å². The van der Waals surface area contributed by atoms with Gasteiger partial charge in [-0.15, -0.1) is 0 Å². The first-order valence-corrected chi connectivity index (χ1v) is 7.27. The normalized spacial score (nSPS) is 19.2. The van der Waals surface area contributed by atoms with Crippen molar-refractivity contribution in [1.82, 2.24) is 4.90 Å². The molecule has 0 aromatic heterocycles. The van der Waals surface area contributed by atoms with Crippen LogP contribution in [0.3, 0.4) is 0 Å². The Morgan fingerprint density at radius 2 is 2.25 bits per heavy atom.